The lowest BCUT2D eigenvalue weighted by Gasteiger charge is -2.26. The molecule has 1 atom stereocenters. The second kappa shape index (κ2) is 5.33. The first-order valence-corrected chi connectivity index (χ1v) is 7.30. The monoisotopic (exact) mass is 319 g/mol. The van der Waals surface area contributed by atoms with Crippen LogP contribution >= 0.6 is 15.9 Å². The van der Waals surface area contributed by atoms with Crippen LogP contribution in [0.15, 0.2) is 46.9 Å². The van der Waals surface area contributed by atoms with Crippen LogP contribution in [0.25, 0.3) is 0 Å². The molecule has 0 aromatic heterocycles. The van der Waals surface area contributed by atoms with Gasteiger partial charge in [0.1, 0.15) is 5.82 Å². The fourth-order valence-electron chi connectivity index (χ4n) is 2.65. The maximum atomic E-state index is 13.1. The highest BCUT2D eigenvalue weighted by Gasteiger charge is 2.18. The van der Waals surface area contributed by atoms with E-state index in [-0.39, 0.29) is 5.82 Å². The SMILES string of the molecule is Fc1ccc(NC2CCc3ccccc3C2)c(Br)c1. The van der Waals surface area contributed by atoms with E-state index in [1.165, 1.54) is 23.3 Å². The van der Waals surface area contributed by atoms with Crippen molar-refractivity contribution < 1.29 is 4.39 Å². The molecule has 0 saturated heterocycles. The van der Waals surface area contributed by atoms with Crippen molar-refractivity contribution in [2.75, 3.05) is 5.32 Å². The molecule has 0 aliphatic heterocycles. The fraction of sp³-hybridized carbons (Fsp3) is 0.250. The van der Waals surface area contributed by atoms with Crippen molar-refractivity contribution in [3.8, 4) is 0 Å². The summed E-state index contributed by atoms with van der Waals surface area (Å²) >= 11 is 3.40. The number of anilines is 1. The van der Waals surface area contributed by atoms with Gasteiger partial charge in [-0.1, -0.05) is 24.3 Å². The Bertz CT molecular complexity index is 597. The van der Waals surface area contributed by atoms with Gasteiger partial charge in [-0.05, 0) is 64.5 Å². The molecule has 1 nitrogen and oxygen atoms in total. The Morgan fingerprint density at radius 3 is 2.68 bits per heavy atom. The molecule has 0 amide bonds. The van der Waals surface area contributed by atoms with Gasteiger partial charge in [0.25, 0.3) is 0 Å². The third-order valence-electron chi connectivity index (χ3n) is 3.64. The van der Waals surface area contributed by atoms with Gasteiger partial charge in [0.05, 0.1) is 0 Å². The minimum Gasteiger partial charge on any atom is -0.381 e. The van der Waals surface area contributed by atoms with Gasteiger partial charge in [-0.25, -0.2) is 4.39 Å². The zero-order chi connectivity index (χ0) is 13.2. The standard InChI is InChI=1S/C16H15BrFN/c17-15-10-13(18)6-8-16(15)19-14-7-5-11-3-1-2-4-12(11)9-14/h1-4,6,8,10,14,19H,5,7,9H2. The highest BCUT2D eigenvalue weighted by Crippen LogP contribution is 2.28. The Morgan fingerprint density at radius 1 is 1.11 bits per heavy atom. The first kappa shape index (κ1) is 12.7. The van der Waals surface area contributed by atoms with Gasteiger partial charge in [0.15, 0.2) is 0 Å². The quantitative estimate of drug-likeness (QED) is 0.855. The number of benzene rings is 2. The summed E-state index contributed by atoms with van der Waals surface area (Å²) in [6, 6.07) is 13.8. The maximum Gasteiger partial charge on any atom is 0.124 e. The van der Waals surface area contributed by atoms with E-state index in [0.29, 0.717) is 6.04 Å². The fourth-order valence-corrected chi connectivity index (χ4v) is 3.11. The van der Waals surface area contributed by atoms with Gasteiger partial charge in [-0.2, -0.15) is 0 Å². The molecule has 0 heterocycles. The molecule has 1 N–H and O–H groups in total. The lowest BCUT2D eigenvalue weighted by atomic mass is 9.88. The highest BCUT2D eigenvalue weighted by molar-refractivity contribution is 9.10. The summed E-state index contributed by atoms with van der Waals surface area (Å²) in [6.45, 7) is 0. The topological polar surface area (TPSA) is 12.0 Å². The van der Waals surface area contributed by atoms with E-state index in [1.54, 1.807) is 6.07 Å². The third kappa shape index (κ3) is 2.81. The Morgan fingerprint density at radius 2 is 1.89 bits per heavy atom. The normalized spacial score (nSPS) is 17.9. The number of aryl methyl sites for hydroxylation is 1. The van der Waals surface area contributed by atoms with Gasteiger partial charge in [0.2, 0.25) is 0 Å². The molecule has 0 fully saturated rings. The van der Waals surface area contributed by atoms with E-state index in [0.717, 1.165) is 29.4 Å². The first-order chi connectivity index (χ1) is 9.22. The summed E-state index contributed by atoms with van der Waals surface area (Å²) in [5, 5.41) is 3.50. The second-order valence-corrected chi connectivity index (χ2v) is 5.83. The predicted molar refractivity (Wildman–Crippen MR) is 80.0 cm³/mol. The molecular formula is C16H15BrFN. The molecule has 0 saturated carbocycles. The van der Waals surface area contributed by atoms with Gasteiger partial charge < -0.3 is 5.32 Å². The largest absolute Gasteiger partial charge is 0.381 e. The van der Waals surface area contributed by atoms with E-state index in [1.807, 2.05) is 0 Å². The van der Waals surface area contributed by atoms with Crippen molar-refractivity contribution in [3.63, 3.8) is 0 Å². The van der Waals surface area contributed by atoms with Crippen LogP contribution < -0.4 is 5.32 Å². The van der Waals surface area contributed by atoms with Gasteiger partial charge in [-0.3, -0.25) is 0 Å². The van der Waals surface area contributed by atoms with Crippen molar-refractivity contribution in [2.45, 2.75) is 25.3 Å². The number of hydrogen-bond acceptors (Lipinski definition) is 1. The zero-order valence-electron chi connectivity index (χ0n) is 10.5. The molecule has 2 aromatic carbocycles. The predicted octanol–water partition coefficient (Wildman–Crippen LogP) is 4.56. The molecule has 3 heteroatoms. The summed E-state index contributed by atoms with van der Waals surface area (Å²) < 4.78 is 13.8. The molecule has 19 heavy (non-hydrogen) atoms. The first-order valence-electron chi connectivity index (χ1n) is 6.51. The summed E-state index contributed by atoms with van der Waals surface area (Å²) in [6.07, 6.45) is 3.24. The Balaban J connectivity index is 1.75. The minimum absolute atomic E-state index is 0.216. The van der Waals surface area contributed by atoms with Crippen LogP contribution in [0.5, 0.6) is 0 Å². The number of rotatable bonds is 2. The van der Waals surface area contributed by atoms with Crippen LogP contribution in [0.4, 0.5) is 10.1 Å². The molecule has 1 unspecified atom stereocenters. The molecule has 1 aliphatic rings. The van der Waals surface area contributed by atoms with E-state index in [2.05, 4.69) is 45.5 Å². The molecule has 0 spiro atoms. The molecular weight excluding hydrogens is 305 g/mol. The summed E-state index contributed by atoms with van der Waals surface area (Å²) in [5.74, 6) is -0.216. The van der Waals surface area contributed by atoms with Crippen molar-refractivity contribution in [2.24, 2.45) is 0 Å². The van der Waals surface area contributed by atoms with Crippen molar-refractivity contribution in [1.82, 2.24) is 0 Å². The van der Waals surface area contributed by atoms with Crippen molar-refractivity contribution >= 4 is 21.6 Å². The number of fused-ring (bicyclic) bond motifs is 1. The Kier molecular flexibility index (Phi) is 3.56. The number of halogens is 2. The van der Waals surface area contributed by atoms with Crippen molar-refractivity contribution in [3.05, 3.63) is 63.9 Å². The van der Waals surface area contributed by atoms with Gasteiger partial charge in [0, 0.05) is 16.2 Å². The van der Waals surface area contributed by atoms with Crippen LogP contribution in [-0.2, 0) is 12.8 Å². The number of hydrogen-bond donors (Lipinski definition) is 1. The van der Waals surface area contributed by atoms with Crippen LogP contribution in [0.2, 0.25) is 0 Å². The average Bonchev–Trinajstić information content (AvgIpc) is 2.42. The van der Waals surface area contributed by atoms with Crippen LogP contribution in [-0.4, -0.2) is 6.04 Å². The summed E-state index contributed by atoms with van der Waals surface area (Å²) in [7, 11) is 0. The molecule has 98 valence electrons. The maximum absolute atomic E-state index is 13.1. The second-order valence-electron chi connectivity index (χ2n) is 4.98. The van der Waals surface area contributed by atoms with E-state index in [9.17, 15) is 4.39 Å². The molecule has 0 bridgehead atoms. The molecule has 3 rings (SSSR count). The lowest BCUT2D eigenvalue weighted by Crippen LogP contribution is -2.27. The van der Waals surface area contributed by atoms with Crippen LogP contribution in [0.3, 0.4) is 0 Å². The molecule has 0 radical (unpaired) electrons. The highest BCUT2D eigenvalue weighted by atomic mass is 79.9. The smallest absolute Gasteiger partial charge is 0.124 e. The minimum atomic E-state index is -0.216. The van der Waals surface area contributed by atoms with E-state index >= 15 is 0 Å². The van der Waals surface area contributed by atoms with Crippen LogP contribution in [0, 0.1) is 5.82 Å². The Hall–Kier alpha value is -1.35. The molecule has 1 aliphatic carbocycles. The zero-order valence-corrected chi connectivity index (χ0v) is 12.1. The van der Waals surface area contributed by atoms with Crippen molar-refractivity contribution in [1.29, 1.82) is 0 Å². The van der Waals surface area contributed by atoms with Gasteiger partial charge >= 0.3 is 0 Å². The Labute approximate surface area is 121 Å². The lowest BCUT2D eigenvalue weighted by molar-refractivity contribution is 0.608. The third-order valence-corrected chi connectivity index (χ3v) is 4.29. The average molecular weight is 320 g/mol. The van der Waals surface area contributed by atoms with E-state index in [4.69, 9.17) is 0 Å². The number of nitrogens with one attached hydrogen (secondary N) is 1. The van der Waals surface area contributed by atoms with E-state index < -0.39 is 0 Å². The summed E-state index contributed by atoms with van der Waals surface area (Å²) in [5.41, 5.74) is 3.84. The van der Waals surface area contributed by atoms with Gasteiger partial charge in [-0.15, -0.1) is 0 Å². The summed E-state index contributed by atoms with van der Waals surface area (Å²) in [4.78, 5) is 0. The van der Waals surface area contributed by atoms with Crippen LogP contribution in [0.1, 0.15) is 17.5 Å². The molecule has 2 aromatic rings.